The number of H-pyrrole nitrogens is 1. The molecule has 144 valence electrons. The average molecular weight is 382 g/mol. The summed E-state index contributed by atoms with van der Waals surface area (Å²) in [4.78, 5) is 59.5. The van der Waals surface area contributed by atoms with Crippen LogP contribution in [-0.4, -0.2) is 63.2 Å². The quantitative estimate of drug-likeness (QED) is 0.609. The Morgan fingerprint density at radius 1 is 1.21 bits per heavy atom. The SMILES string of the molecule is COC(=O)C1Cc2nc[nH]c2CN1C(=O)CCN1C(=O)c2ccccc2C1=O. The van der Waals surface area contributed by atoms with Crippen molar-refractivity contribution in [2.75, 3.05) is 13.7 Å². The Labute approximate surface area is 160 Å². The molecule has 1 N–H and O–H groups in total. The zero-order valence-electron chi connectivity index (χ0n) is 15.2. The maximum absolute atomic E-state index is 12.8. The third-order valence-electron chi connectivity index (χ3n) is 5.12. The van der Waals surface area contributed by atoms with Gasteiger partial charge < -0.3 is 14.6 Å². The van der Waals surface area contributed by atoms with Crippen LogP contribution in [0.2, 0.25) is 0 Å². The van der Waals surface area contributed by atoms with Crippen LogP contribution in [0.25, 0.3) is 0 Å². The van der Waals surface area contributed by atoms with E-state index in [1.165, 1.54) is 18.3 Å². The Balaban J connectivity index is 1.48. The van der Waals surface area contributed by atoms with E-state index in [1.54, 1.807) is 24.3 Å². The van der Waals surface area contributed by atoms with Crippen LogP contribution in [0.1, 0.15) is 38.5 Å². The van der Waals surface area contributed by atoms with Crippen LogP contribution >= 0.6 is 0 Å². The van der Waals surface area contributed by atoms with Gasteiger partial charge in [0.15, 0.2) is 0 Å². The molecule has 0 saturated carbocycles. The molecule has 0 aliphatic carbocycles. The van der Waals surface area contributed by atoms with Gasteiger partial charge in [0, 0.05) is 19.4 Å². The third-order valence-corrected chi connectivity index (χ3v) is 5.12. The van der Waals surface area contributed by atoms with Gasteiger partial charge in [0.05, 0.1) is 42.5 Å². The highest BCUT2D eigenvalue weighted by Crippen LogP contribution is 2.25. The number of ether oxygens (including phenoxy) is 1. The number of fused-ring (bicyclic) bond motifs is 2. The third kappa shape index (κ3) is 2.84. The molecular weight excluding hydrogens is 364 g/mol. The largest absolute Gasteiger partial charge is 0.467 e. The summed E-state index contributed by atoms with van der Waals surface area (Å²) >= 11 is 0. The van der Waals surface area contributed by atoms with Crippen LogP contribution in [0.3, 0.4) is 0 Å². The fraction of sp³-hybridized carbons (Fsp3) is 0.316. The molecule has 1 unspecified atom stereocenters. The van der Waals surface area contributed by atoms with Gasteiger partial charge >= 0.3 is 5.97 Å². The molecule has 9 nitrogen and oxygen atoms in total. The van der Waals surface area contributed by atoms with Crippen molar-refractivity contribution >= 4 is 23.7 Å². The van der Waals surface area contributed by atoms with E-state index in [1.807, 2.05) is 0 Å². The number of nitrogens with one attached hydrogen (secondary N) is 1. The molecule has 2 aromatic rings. The molecule has 28 heavy (non-hydrogen) atoms. The minimum Gasteiger partial charge on any atom is -0.467 e. The van der Waals surface area contributed by atoms with Crippen molar-refractivity contribution in [3.8, 4) is 0 Å². The molecule has 1 atom stereocenters. The lowest BCUT2D eigenvalue weighted by Gasteiger charge is -2.33. The average Bonchev–Trinajstić information content (AvgIpc) is 3.27. The highest BCUT2D eigenvalue weighted by atomic mass is 16.5. The Morgan fingerprint density at radius 3 is 2.54 bits per heavy atom. The van der Waals surface area contributed by atoms with Crippen molar-refractivity contribution in [1.29, 1.82) is 0 Å². The summed E-state index contributed by atoms with van der Waals surface area (Å²) in [6.07, 6.45) is 1.69. The maximum atomic E-state index is 12.8. The van der Waals surface area contributed by atoms with Gasteiger partial charge in [0.25, 0.3) is 11.8 Å². The molecule has 0 spiro atoms. The minimum atomic E-state index is -0.782. The van der Waals surface area contributed by atoms with E-state index in [-0.39, 0.29) is 31.8 Å². The van der Waals surface area contributed by atoms with Crippen molar-refractivity contribution in [1.82, 2.24) is 19.8 Å². The van der Waals surface area contributed by atoms with Crippen molar-refractivity contribution < 1.29 is 23.9 Å². The second-order valence-electron chi connectivity index (χ2n) is 6.65. The normalized spacial score (nSPS) is 18.1. The molecule has 0 radical (unpaired) electrons. The van der Waals surface area contributed by atoms with Gasteiger partial charge in [-0.15, -0.1) is 0 Å². The highest BCUT2D eigenvalue weighted by Gasteiger charge is 2.38. The number of nitrogens with zero attached hydrogens (tertiary/aromatic N) is 3. The van der Waals surface area contributed by atoms with Crippen LogP contribution in [0.5, 0.6) is 0 Å². The van der Waals surface area contributed by atoms with Gasteiger partial charge in [-0.2, -0.15) is 0 Å². The second-order valence-corrected chi connectivity index (χ2v) is 6.65. The zero-order chi connectivity index (χ0) is 19.8. The van der Waals surface area contributed by atoms with Gasteiger partial charge in [-0.05, 0) is 12.1 Å². The number of hydrogen-bond acceptors (Lipinski definition) is 6. The fourth-order valence-electron chi connectivity index (χ4n) is 3.64. The van der Waals surface area contributed by atoms with Gasteiger partial charge in [0.2, 0.25) is 5.91 Å². The smallest absolute Gasteiger partial charge is 0.329 e. The number of aromatic amines is 1. The molecule has 3 heterocycles. The van der Waals surface area contributed by atoms with Crippen LogP contribution < -0.4 is 0 Å². The number of aromatic nitrogens is 2. The lowest BCUT2D eigenvalue weighted by Crippen LogP contribution is -2.50. The van der Waals surface area contributed by atoms with Crippen LogP contribution in [0.15, 0.2) is 30.6 Å². The second kappa shape index (κ2) is 6.91. The molecule has 9 heteroatoms. The monoisotopic (exact) mass is 382 g/mol. The minimum absolute atomic E-state index is 0.0502. The molecule has 1 aromatic carbocycles. The van der Waals surface area contributed by atoms with Crippen LogP contribution in [0.4, 0.5) is 0 Å². The molecule has 0 bridgehead atoms. The number of hydrogen-bond donors (Lipinski definition) is 1. The number of imidazole rings is 1. The first-order chi connectivity index (χ1) is 13.5. The van der Waals surface area contributed by atoms with Crippen LogP contribution in [0, 0.1) is 0 Å². The standard InChI is InChI=1S/C19H18N4O5/c1-28-19(27)15-8-13-14(21-10-20-13)9-23(15)16(24)6-7-22-17(25)11-4-2-3-5-12(11)18(22)26/h2-5,10,15H,6-9H2,1H3,(H,20,21). The highest BCUT2D eigenvalue weighted by molar-refractivity contribution is 6.21. The Kier molecular flexibility index (Phi) is 4.42. The Hall–Kier alpha value is -3.49. The van der Waals surface area contributed by atoms with Gasteiger partial charge in [-0.25, -0.2) is 9.78 Å². The molecular formula is C19H18N4O5. The summed E-state index contributed by atoms with van der Waals surface area (Å²) in [5.74, 6) is -1.69. The molecule has 0 fully saturated rings. The van der Waals surface area contributed by atoms with Crippen molar-refractivity contribution in [3.63, 3.8) is 0 Å². The first-order valence-electron chi connectivity index (χ1n) is 8.85. The van der Waals surface area contributed by atoms with Crippen molar-refractivity contribution in [2.24, 2.45) is 0 Å². The molecule has 2 aliphatic rings. The topological polar surface area (TPSA) is 113 Å². The van der Waals surface area contributed by atoms with E-state index in [0.717, 1.165) is 16.3 Å². The van der Waals surface area contributed by atoms with E-state index in [4.69, 9.17) is 4.74 Å². The van der Waals surface area contributed by atoms with Gasteiger partial charge in [0.1, 0.15) is 6.04 Å². The Morgan fingerprint density at radius 2 is 1.89 bits per heavy atom. The predicted octanol–water partition coefficient (Wildman–Crippen LogP) is 0.522. The van der Waals surface area contributed by atoms with Gasteiger partial charge in [-0.3, -0.25) is 19.3 Å². The summed E-state index contributed by atoms with van der Waals surface area (Å²) in [6.45, 7) is 0.140. The first-order valence-corrected chi connectivity index (χ1v) is 8.85. The summed E-state index contributed by atoms with van der Waals surface area (Å²) < 4.78 is 4.83. The van der Waals surface area contributed by atoms with Gasteiger partial charge in [-0.1, -0.05) is 12.1 Å². The van der Waals surface area contributed by atoms with Crippen molar-refractivity contribution in [2.45, 2.75) is 25.4 Å². The first kappa shape index (κ1) is 17.9. The molecule has 0 saturated heterocycles. The number of carbonyl (C=O) groups is 4. The number of methoxy groups -OCH3 is 1. The molecule has 3 amide bonds. The number of amides is 3. The number of esters is 1. The number of imide groups is 1. The molecule has 1 aromatic heterocycles. The zero-order valence-corrected chi connectivity index (χ0v) is 15.2. The number of benzene rings is 1. The lowest BCUT2D eigenvalue weighted by molar-refractivity contribution is -0.154. The van der Waals surface area contributed by atoms with E-state index in [0.29, 0.717) is 11.1 Å². The Bertz CT molecular complexity index is 947. The summed E-state index contributed by atoms with van der Waals surface area (Å²) in [5, 5.41) is 0. The summed E-state index contributed by atoms with van der Waals surface area (Å²) in [5.41, 5.74) is 2.16. The predicted molar refractivity (Wildman–Crippen MR) is 95.1 cm³/mol. The van der Waals surface area contributed by atoms with E-state index in [2.05, 4.69) is 9.97 Å². The number of rotatable bonds is 4. The fourth-order valence-corrected chi connectivity index (χ4v) is 3.64. The van der Waals surface area contributed by atoms with E-state index in [9.17, 15) is 19.2 Å². The maximum Gasteiger partial charge on any atom is 0.329 e. The molecule has 4 rings (SSSR count). The number of carbonyl (C=O) groups excluding carboxylic acids is 4. The van der Waals surface area contributed by atoms with Crippen molar-refractivity contribution in [3.05, 3.63) is 53.1 Å². The van der Waals surface area contributed by atoms with E-state index < -0.39 is 23.8 Å². The lowest BCUT2D eigenvalue weighted by atomic mass is 10.0. The molecule has 2 aliphatic heterocycles. The van der Waals surface area contributed by atoms with Crippen LogP contribution in [-0.2, 0) is 27.3 Å². The summed E-state index contributed by atoms with van der Waals surface area (Å²) in [7, 11) is 1.27. The van der Waals surface area contributed by atoms with E-state index >= 15 is 0 Å². The summed E-state index contributed by atoms with van der Waals surface area (Å²) in [6, 6.07) is 5.78.